The Bertz CT molecular complexity index is 1280. The van der Waals surface area contributed by atoms with Crippen molar-refractivity contribution in [1.29, 1.82) is 0 Å². The first-order chi connectivity index (χ1) is 16.5. The van der Waals surface area contributed by atoms with Gasteiger partial charge in [0.2, 0.25) is 0 Å². The van der Waals surface area contributed by atoms with Crippen molar-refractivity contribution < 1.29 is 28.2 Å². The lowest BCUT2D eigenvalue weighted by atomic mass is 10.0. The van der Waals surface area contributed by atoms with E-state index < -0.39 is 0 Å². The van der Waals surface area contributed by atoms with Gasteiger partial charge < -0.3 is 18.8 Å². The zero-order valence-corrected chi connectivity index (χ0v) is 18.7. The predicted molar refractivity (Wildman–Crippen MR) is 126 cm³/mol. The summed E-state index contributed by atoms with van der Waals surface area (Å²) in [6, 6.07) is 20.0. The van der Waals surface area contributed by atoms with Gasteiger partial charge in [-0.3, -0.25) is 9.59 Å². The summed E-state index contributed by atoms with van der Waals surface area (Å²) in [5, 5.41) is 0.925. The van der Waals surface area contributed by atoms with Crippen LogP contribution in [0.25, 0.3) is 10.9 Å². The van der Waals surface area contributed by atoms with Crippen LogP contribution in [-0.4, -0.2) is 36.6 Å². The van der Waals surface area contributed by atoms with Crippen molar-refractivity contribution in [2.24, 2.45) is 0 Å². The fraction of sp³-hybridized carbons (Fsp3) is 0.185. The summed E-state index contributed by atoms with van der Waals surface area (Å²) in [7, 11) is 1.37. The second-order valence-electron chi connectivity index (χ2n) is 7.62. The number of halogens is 1. The molecule has 174 valence electrons. The summed E-state index contributed by atoms with van der Waals surface area (Å²) in [6.45, 7) is 1.05. The lowest BCUT2D eigenvalue weighted by molar-refractivity contribution is -0.141. The van der Waals surface area contributed by atoms with Crippen LogP contribution in [0.5, 0.6) is 11.5 Å². The molecule has 0 radical (unpaired) electrons. The number of rotatable bonds is 10. The van der Waals surface area contributed by atoms with Crippen molar-refractivity contribution >= 4 is 22.7 Å². The van der Waals surface area contributed by atoms with E-state index in [9.17, 15) is 14.0 Å². The number of hydrogen-bond donors (Lipinski definition) is 0. The minimum absolute atomic E-state index is 0.144. The zero-order chi connectivity index (χ0) is 23.9. The molecule has 1 aromatic heterocycles. The molecular formula is C27H24FNO5. The highest BCUT2D eigenvalue weighted by molar-refractivity contribution is 6.09. The number of esters is 1. The normalized spacial score (nSPS) is 10.8. The van der Waals surface area contributed by atoms with Gasteiger partial charge in [-0.25, -0.2) is 4.39 Å². The van der Waals surface area contributed by atoms with Gasteiger partial charge in [0, 0.05) is 29.1 Å². The number of methoxy groups -OCH3 is 1. The third-order valence-electron chi connectivity index (χ3n) is 5.34. The number of nitrogens with zero attached hydrogens (tertiary/aromatic N) is 1. The van der Waals surface area contributed by atoms with Crippen LogP contribution < -0.4 is 9.47 Å². The first kappa shape index (κ1) is 23.0. The molecule has 0 bridgehead atoms. The topological polar surface area (TPSA) is 66.8 Å². The summed E-state index contributed by atoms with van der Waals surface area (Å²) in [6.07, 6.45) is 2.50. The Morgan fingerprint density at radius 1 is 0.853 bits per heavy atom. The van der Waals surface area contributed by atoms with Crippen molar-refractivity contribution in [3.05, 3.63) is 95.9 Å². The van der Waals surface area contributed by atoms with Crippen LogP contribution in [0.1, 0.15) is 22.3 Å². The maximum atomic E-state index is 13.0. The van der Waals surface area contributed by atoms with Crippen LogP contribution >= 0.6 is 0 Å². The molecule has 0 atom stereocenters. The highest BCUT2D eigenvalue weighted by Gasteiger charge is 2.11. The molecule has 0 aliphatic rings. The molecule has 4 rings (SSSR count). The van der Waals surface area contributed by atoms with Crippen molar-refractivity contribution in [2.45, 2.75) is 13.0 Å². The molecule has 0 amide bonds. The second kappa shape index (κ2) is 10.7. The predicted octanol–water partition coefficient (Wildman–Crippen LogP) is 5.03. The molecule has 0 saturated carbocycles. The molecule has 0 fully saturated rings. The van der Waals surface area contributed by atoms with Crippen LogP contribution in [0.15, 0.2) is 79.0 Å². The summed E-state index contributed by atoms with van der Waals surface area (Å²) < 4.78 is 31.3. The molecule has 34 heavy (non-hydrogen) atoms. The molecule has 0 aliphatic heterocycles. The average molecular weight is 461 g/mol. The first-order valence-electron chi connectivity index (χ1n) is 10.9. The first-order valence-corrected chi connectivity index (χ1v) is 10.9. The van der Waals surface area contributed by atoms with Gasteiger partial charge in [-0.2, -0.15) is 0 Å². The molecule has 4 aromatic rings. The number of carbonyl (C=O) groups excluding carboxylic acids is 2. The number of ether oxygens (including phenoxy) is 3. The van der Waals surface area contributed by atoms with E-state index in [1.165, 1.54) is 31.4 Å². The summed E-state index contributed by atoms with van der Waals surface area (Å²) in [4.78, 5) is 24.0. The van der Waals surface area contributed by atoms with E-state index in [4.69, 9.17) is 14.2 Å². The molecule has 3 aromatic carbocycles. The summed E-state index contributed by atoms with van der Waals surface area (Å²) >= 11 is 0. The molecule has 0 saturated heterocycles. The number of fused-ring (bicyclic) bond motifs is 1. The van der Waals surface area contributed by atoms with Crippen LogP contribution in [0.2, 0.25) is 0 Å². The van der Waals surface area contributed by atoms with Crippen molar-refractivity contribution in [3.63, 3.8) is 0 Å². The molecule has 0 aliphatic carbocycles. The van der Waals surface area contributed by atoms with E-state index in [1.807, 2.05) is 35.0 Å². The monoisotopic (exact) mass is 461 g/mol. The van der Waals surface area contributed by atoms with Crippen LogP contribution in [0.4, 0.5) is 4.39 Å². The minimum atomic E-state index is -0.377. The molecule has 7 heteroatoms. The van der Waals surface area contributed by atoms with Gasteiger partial charge in [0.05, 0.1) is 25.8 Å². The number of hydrogen-bond acceptors (Lipinski definition) is 5. The molecule has 1 heterocycles. The van der Waals surface area contributed by atoms with Crippen molar-refractivity contribution in [3.8, 4) is 11.5 Å². The molecule has 0 N–H and O–H groups in total. The van der Waals surface area contributed by atoms with Crippen molar-refractivity contribution in [1.82, 2.24) is 4.57 Å². The number of aromatic nitrogens is 1. The number of ketones is 1. The maximum absolute atomic E-state index is 13.0. The second-order valence-corrected chi connectivity index (χ2v) is 7.62. The Morgan fingerprint density at radius 3 is 2.24 bits per heavy atom. The molecule has 0 unspecified atom stereocenters. The Morgan fingerprint density at radius 2 is 1.53 bits per heavy atom. The lowest BCUT2D eigenvalue weighted by Crippen LogP contribution is -2.10. The van der Waals surface area contributed by atoms with Gasteiger partial charge in [-0.15, -0.1) is 0 Å². The summed E-state index contributed by atoms with van der Waals surface area (Å²) in [5.74, 6) is 0.531. The van der Waals surface area contributed by atoms with Crippen LogP contribution in [-0.2, 0) is 16.1 Å². The summed E-state index contributed by atoms with van der Waals surface area (Å²) in [5.41, 5.74) is 1.84. The van der Waals surface area contributed by atoms with Gasteiger partial charge in [0.1, 0.15) is 23.9 Å². The smallest absolute Gasteiger partial charge is 0.325 e. The highest BCUT2D eigenvalue weighted by Crippen LogP contribution is 2.27. The van der Waals surface area contributed by atoms with E-state index in [-0.39, 0.29) is 24.1 Å². The van der Waals surface area contributed by atoms with Crippen molar-refractivity contribution in [2.75, 3.05) is 20.3 Å². The fourth-order valence-corrected chi connectivity index (χ4v) is 3.56. The standard InChI is InChI=1S/C27H24FNO5/c1-32-26(30)18-29-15-14-23-24(29)4-2-5-25(23)34-17-3-16-33-22-12-8-20(9-13-22)27(31)19-6-10-21(28)11-7-19/h2,4-15H,3,16-18H2,1H3. The molecule has 0 spiro atoms. The quantitative estimate of drug-likeness (QED) is 0.188. The lowest BCUT2D eigenvalue weighted by Gasteiger charge is -2.10. The Balaban J connectivity index is 1.26. The van der Waals surface area contributed by atoms with Gasteiger partial charge in [0.25, 0.3) is 0 Å². The molecular weight excluding hydrogens is 437 g/mol. The Labute approximate surface area is 196 Å². The van der Waals surface area contributed by atoms with Gasteiger partial charge in [0.15, 0.2) is 5.78 Å². The maximum Gasteiger partial charge on any atom is 0.325 e. The zero-order valence-electron chi connectivity index (χ0n) is 18.7. The Kier molecular flexibility index (Phi) is 7.22. The fourth-order valence-electron chi connectivity index (χ4n) is 3.56. The van der Waals surface area contributed by atoms with Crippen LogP contribution in [0.3, 0.4) is 0 Å². The van der Waals surface area contributed by atoms with Gasteiger partial charge in [-0.1, -0.05) is 6.07 Å². The minimum Gasteiger partial charge on any atom is -0.493 e. The largest absolute Gasteiger partial charge is 0.493 e. The van der Waals surface area contributed by atoms with Gasteiger partial charge >= 0.3 is 5.97 Å². The van der Waals surface area contributed by atoms with E-state index in [1.54, 1.807) is 24.3 Å². The van der Waals surface area contributed by atoms with E-state index in [0.29, 0.717) is 36.5 Å². The highest BCUT2D eigenvalue weighted by atomic mass is 19.1. The number of benzene rings is 3. The Hall–Kier alpha value is -4.13. The van der Waals surface area contributed by atoms with Gasteiger partial charge in [-0.05, 0) is 66.7 Å². The average Bonchev–Trinajstić information content (AvgIpc) is 3.27. The van der Waals surface area contributed by atoms with E-state index in [0.717, 1.165) is 16.7 Å². The van der Waals surface area contributed by atoms with Crippen LogP contribution in [0, 0.1) is 5.82 Å². The van der Waals surface area contributed by atoms with E-state index >= 15 is 0 Å². The third-order valence-corrected chi connectivity index (χ3v) is 5.34. The molecule has 6 nitrogen and oxygen atoms in total. The SMILES string of the molecule is COC(=O)Cn1ccc2c(OCCCOc3ccc(C(=O)c4ccc(F)cc4)cc3)cccc21. The number of carbonyl (C=O) groups is 2. The third kappa shape index (κ3) is 5.43. The van der Waals surface area contributed by atoms with E-state index in [2.05, 4.69) is 0 Å².